The summed E-state index contributed by atoms with van der Waals surface area (Å²) in [6.07, 6.45) is 0.932. The van der Waals surface area contributed by atoms with Gasteiger partial charge in [-0.15, -0.1) is 0 Å². The molecule has 0 saturated heterocycles. The smallest absolute Gasteiger partial charge is 0.262 e. The summed E-state index contributed by atoms with van der Waals surface area (Å²) in [6, 6.07) is 17.5. The van der Waals surface area contributed by atoms with Crippen LogP contribution in [0, 0.1) is 6.92 Å². The van der Waals surface area contributed by atoms with E-state index >= 15 is 0 Å². The number of aryl methyl sites for hydroxylation is 2. The van der Waals surface area contributed by atoms with E-state index in [9.17, 15) is 4.79 Å². The zero-order valence-electron chi connectivity index (χ0n) is 13.9. The Morgan fingerprint density at radius 2 is 1.96 bits per heavy atom. The standard InChI is InChI=1S/C20H20N2O2/c1-3-15-6-4-8-17(12-15)22-19(23)13-24-18-9-5-7-16-11-10-14(2)21-20(16)18/h4-12H,3,13H2,1-2H3,(H,22,23). The lowest BCUT2D eigenvalue weighted by atomic mass is 10.1. The van der Waals surface area contributed by atoms with Crippen molar-refractivity contribution in [3.8, 4) is 5.75 Å². The molecule has 1 heterocycles. The average Bonchev–Trinajstić information content (AvgIpc) is 2.60. The topological polar surface area (TPSA) is 51.2 Å². The number of carbonyl (C=O) groups excluding carboxylic acids is 1. The molecule has 0 aliphatic carbocycles. The Kier molecular flexibility index (Phi) is 4.75. The van der Waals surface area contributed by atoms with Gasteiger partial charge in [-0.1, -0.05) is 37.3 Å². The van der Waals surface area contributed by atoms with Gasteiger partial charge in [0.2, 0.25) is 0 Å². The molecule has 0 atom stereocenters. The molecule has 4 heteroatoms. The van der Waals surface area contributed by atoms with Crippen molar-refractivity contribution in [3.63, 3.8) is 0 Å². The highest BCUT2D eigenvalue weighted by molar-refractivity contribution is 5.92. The lowest BCUT2D eigenvalue weighted by Crippen LogP contribution is -2.20. The molecule has 0 aliphatic heterocycles. The predicted octanol–water partition coefficient (Wildman–Crippen LogP) is 4.12. The van der Waals surface area contributed by atoms with Crippen molar-refractivity contribution in [2.45, 2.75) is 20.3 Å². The van der Waals surface area contributed by atoms with E-state index in [4.69, 9.17) is 4.74 Å². The first-order valence-electron chi connectivity index (χ1n) is 8.03. The van der Waals surface area contributed by atoms with E-state index < -0.39 is 0 Å². The van der Waals surface area contributed by atoms with Crippen molar-refractivity contribution in [3.05, 3.63) is 65.9 Å². The van der Waals surface area contributed by atoms with E-state index in [0.29, 0.717) is 5.75 Å². The van der Waals surface area contributed by atoms with Gasteiger partial charge in [0.1, 0.15) is 11.3 Å². The maximum absolute atomic E-state index is 12.1. The van der Waals surface area contributed by atoms with Gasteiger partial charge in [0.25, 0.3) is 5.91 Å². The summed E-state index contributed by atoms with van der Waals surface area (Å²) < 4.78 is 5.69. The van der Waals surface area contributed by atoms with Gasteiger partial charge in [-0.2, -0.15) is 0 Å². The molecule has 0 fully saturated rings. The molecule has 1 N–H and O–H groups in total. The van der Waals surface area contributed by atoms with Gasteiger partial charge < -0.3 is 10.1 Å². The van der Waals surface area contributed by atoms with E-state index in [-0.39, 0.29) is 12.5 Å². The second-order valence-corrected chi connectivity index (χ2v) is 5.67. The SMILES string of the molecule is CCc1cccc(NC(=O)COc2cccc3ccc(C)nc23)c1. The van der Waals surface area contributed by atoms with Crippen molar-refractivity contribution < 1.29 is 9.53 Å². The van der Waals surface area contributed by atoms with Crippen LogP contribution in [0.15, 0.2) is 54.6 Å². The van der Waals surface area contributed by atoms with Crippen molar-refractivity contribution in [1.29, 1.82) is 0 Å². The lowest BCUT2D eigenvalue weighted by Gasteiger charge is -2.10. The number of ether oxygens (including phenoxy) is 1. The maximum Gasteiger partial charge on any atom is 0.262 e. The van der Waals surface area contributed by atoms with E-state index in [0.717, 1.165) is 28.7 Å². The number of hydrogen-bond donors (Lipinski definition) is 1. The van der Waals surface area contributed by atoms with Gasteiger partial charge in [0.05, 0.1) is 0 Å². The first-order chi connectivity index (χ1) is 11.7. The van der Waals surface area contributed by atoms with Crippen LogP contribution < -0.4 is 10.1 Å². The number of nitrogens with zero attached hydrogens (tertiary/aromatic N) is 1. The quantitative estimate of drug-likeness (QED) is 0.769. The Labute approximate surface area is 141 Å². The minimum absolute atomic E-state index is 0.0505. The summed E-state index contributed by atoms with van der Waals surface area (Å²) in [6.45, 7) is 3.97. The molecule has 3 rings (SSSR count). The molecule has 3 aromatic rings. The number of fused-ring (bicyclic) bond motifs is 1. The number of carbonyl (C=O) groups is 1. The first kappa shape index (κ1) is 16.0. The van der Waals surface area contributed by atoms with Crippen LogP contribution in [-0.4, -0.2) is 17.5 Å². The van der Waals surface area contributed by atoms with Crippen molar-refractivity contribution in [1.82, 2.24) is 4.98 Å². The molecule has 0 radical (unpaired) electrons. The van der Waals surface area contributed by atoms with Gasteiger partial charge in [-0.05, 0) is 43.2 Å². The van der Waals surface area contributed by atoms with Crippen LogP contribution >= 0.6 is 0 Å². The number of benzene rings is 2. The minimum atomic E-state index is -0.187. The third-order valence-corrected chi connectivity index (χ3v) is 3.80. The van der Waals surface area contributed by atoms with Crippen LogP contribution in [0.25, 0.3) is 10.9 Å². The molecule has 122 valence electrons. The second-order valence-electron chi connectivity index (χ2n) is 5.67. The van der Waals surface area contributed by atoms with Crippen LogP contribution in [0.2, 0.25) is 0 Å². The van der Waals surface area contributed by atoms with Gasteiger partial charge in [0.15, 0.2) is 6.61 Å². The fraction of sp³-hybridized carbons (Fsp3) is 0.200. The summed E-state index contributed by atoms with van der Waals surface area (Å²) >= 11 is 0. The third kappa shape index (κ3) is 3.71. The molecular formula is C20H20N2O2. The molecule has 24 heavy (non-hydrogen) atoms. The third-order valence-electron chi connectivity index (χ3n) is 3.80. The second kappa shape index (κ2) is 7.13. The summed E-state index contributed by atoms with van der Waals surface area (Å²) in [5.41, 5.74) is 3.66. The Morgan fingerprint density at radius 3 is 2.79 bits per heavy atom. The highest BCUT2D eigenvalue weighted by Gasteiger charge is 2.08. The van der Waals surface area contributed by atoms with Crippen LogP contribution in [-0.2, 0) is 11.2 Å². The fourth-order valence-corrected chi connectivity index (χ4v) is 2.54. The maximum atomic E-state index is 12.1. The lowest BCUT2D eigenvalue weighted by molar-refractivity contribution is -0.118. The Hall–Kier alpha value is -2.88. The molecule has 1 aromatic heterocycles. The normalized spacial score (nSPS) is 10.6. The molecule has 2 aromatic carbocycles. The fourth-order valence-electron chi connectivity index (χ4n) is 2.54. The molecule has 0 bridgehead atoms. The summed E-state index contributed by atoms with van der Waals surface area (Å²) in [7, 11) is 0. The number of anilines is 1. The van der Waals surface area contributed by atoms with Crippen LogP contribution in [0.5, 0.6) is 5.75 Å². The molecule has 0 aliphatic rings. The number of nitrogens with one attached hydrogen (secondary N) is 1. The van der Waals surface area contributed by atoms with Crippen LogP contribution in [0.3, 0.4) is 0 Å². The van der Waals surface area contributed by atoms with Gasteiger partial charge >= 0.3 is 0 Å². The number of pyridine rings is 1. The number of para-hydroxylation sites is 1. The van der Waals surface area contributed by atoms with Gasteiger partial charge in [-0.3, -0.25) is 4.79 Å². The van der Waals surface area contributed by atoms with Crippen molar-refractivity contribution >= 4 is 22.5 Å². The Balaban J connectivity index is 1.69. The molecule has 0 unspecified atom stereocenters. The van der Waals surface area contributed by atoms with Crippen LogP contribution in [0.4, 0.5) is 5.69 Å². The highest BCUT2D eigenvalue weighted by Crippen LogP contribution is 2.24. The largest absolute Gasteiger partial charge is 0.481 e. The molecule has 4 nitrogen and oxygen atoms in total. The zero-order chi connectivity index (χ0) is 16.9. The number of rotatable bonds is 5. The molecular weight excluding hydrogens is 300 g/mol. The molecule has 0 saturated carbocycles. The monoisotopic (exact) mass is 320 g/mol. The summed E-state index contributed by atoms with van der Waals surface area (Å²) in [5, 5.41) is 3.86. The van der Waals surface area contributed by atoms with E-state index in [1.807, 2.05) is 61.5 Å². The zero-order valence-corrected chi connectivity index (χ0v) is 13.9. The van der Waals surface area contributed by atoms with Crippen LogP contribution in [0.1, 0.15) is 18.2 Å². The van der Waals surface area contributed by atoms with Crippen molar-refractivity contribution in [2.75, 3.05) is 11.9 Å². The number of aromatic nitrogens is 1. The Bertz CT molecular complexity index is 874. The van der Waals surface area contributed by atoms with Gasteiger partial charge in [0, 0.05) is 16.8 Å². The van der Waals surface area contributed by atoms with Gasteiger partial charge in [-0.25, -0.2) is 4.98 Å². The predicted molar refractivity (Wildman–Crippen MR) is 96.4 cm³/mol. The van der Waals surface area contributed by atoms with E-state index in [1.54, 1.807) is 0 Å². The summed E-state index contributed by atoms with van der Waals surface area (Å²) in [5.74, 6) is 0.432. The number of hydrogen-bond acceptors (Lipinski definition) is 3. The highest BCUT2D eigenvalue weighted by atomic mass is 16.5. The van der Waals surface area contributed by atoms with E-state index in [2.05, 4.69) is 17.2 Å². The minimum Gasteiger partial charge on any atom is -0.481 e. The Morgan fingerprint density at radius 1 is 1.12 bits per heavy atom. The van der Waals surface area contributed by atoms with E-state index in [1.165, 1.54) is 5.56 Å². The average molecular weight is 320 g/mol. The molecule has 0 spiro atoms. The molecule has 1 amide bonds. The van der Waals surface area contributed by atoms with Crippen molar-refractivity contribution in [2.24, 2.45) is 0 Å². The first-order valence-corrected chi connectivity index (χ1v) is 8.03. The number of amides is 1. The summed E-state index contributed by atoms with van der Waals surface area (Å²) in [4.78, 5) is 16.6.